The molecule has 0 radical (unpaired) electrons. The fraction of sp³-hybridized carbons (Fsp3) is 0.0714. The third-order valence-electron chi connectivity index (χ3n) is 2.58. The number of halogens is 1. The standard InChI is InChI=1S/C14H11BrN4O/c1-17-13-4-2-3-12(18-13)14(20)19-11-6-5-9(8-16)7-10(11)15/h2-7H,1H3,(H,17,18)(H,19,20). The second kappa shape index (κ2) is 6.17. The summed E-state index contributed by atoms with van der Waals surface area (Å²) in [5.74, 6) is 0.309. The van der Waals surface area contributed by atoms with E-state index in [0.29, 0.717) is 27.2 Å². The number of carbonyl (C=O) groups excluding carboxylic acids is 1. The third kappa shape index (κ3) is 3.13. The van der Waals surface area contributed by atoms with Crippen LogP contribution in [0.25, 0.3) is 0 Å². The molecule has 2 N–H and O–H groups in total. The summed E-state index contributed by atoms with van der Waals surface area (Å²) in [4.78, 5) is 16.3. The van der Waals surface area contributed by atoms with Crippen LogP contribution in [0.1, 0.15) is 16.1 Å². The van der Waals surface area contributed by atoms with Crippen LogP contribution in [0.3, 0.4) is 0 Å². The molecule has 20 heavy (non-hydrogen) atoms. The third-order valence-corrected chi connectivity index (χ3v) is 3.24. The first-order chi connectivity index (χ1) is 9.63. The molecular weight excluding hydrogens is 320 g/mol. The van der Waals surface area contributed by atoms with E-state index in [9.17, 15) is 4.79 Å². The highest BCUT2D eigenvalue weighted by Crippen LogP contribution is 2.23. The predicted octanol–water partition coefficient (Wildman–Crippen LogP) is 3.01. The van der Waals surface area contributed by atoms with Gasteiger partial charge in [0.1, 0.15) is 11.5 Å². The number of rotatable bonds is 3. The van der Waals surface area contributed by atoms with Crippen LogP contribution in [-0.2, 0) is 0 Å². The van der Waals surface area contributed by atoms with E-state index in [4.69, 9.17) is 5.26 Å². The molecule has 0 spiro atoms. The van der Waals surface area contributed by atoms with Crippen molar-refractivity contribution in [3.63, 3.8) is 0 Å². The molecule has 6 heteroatoms. The Kier molecular flexibility index (Phi) is 4.33. The van der Waals surface area contributed by atoms with E-state index in [1.807, 2.05) is 6.07 Å². The highest BCUT2D eigenvalue weighted by molar-refractivity contribution is 9.10. The predicted molar refractivity (Wildman–Crippen MR) is 80.6 cm³/mol. The number of carbonyl (C=O) groups is 1. The smallest absolute Gasteiger partial charge is 0.274 e. The molecule has 1 aromatic heterocycles. The molecule has 100 valence electrons. The van der Waals surface area contributed by atoms with Crippen molar-refractivity contribution < 1.29 is 4.79 Å². The Hall–Kier alpha value is -2.39. The van der Waals surface area contributed by atoms with Crippen LogP contribution >= 0.6 is 15.9 Å². The summed E-state index contributed by atoms with van der Waals surface area (Å²) in [6.45, 7) is 0. The molecule has 1 heterocycles. The SMILES string of the molecule is CNc1cccc(C(=O)Nc2ccc(C#N)cc2Br)n1. The lowest BCUT2D eigenvalue weighted by atomic mass is 10.2. The molecule has 5 nitrogen and oxygen atoms in total. The minimum atomic E-state index is -0.312. The monoisotopic (exact) mass is 330 g/mol. The zero-order valence-corrected chi connectivity index (χ0v) is 12.2. The van der Waals surface area contributed by atoms with Crippen LogP contribution in [0.4, 0.5) is 11.5 Å². The first-order valence-corrected chi connectivity index (χ1v) is 6.59. The highest BCUT2D eigenvalue weighted by Gasteiger charge is 2.10. The number of pyridine rings is 1. The van der Waals surface area contributed by atoms with Gasteiger partial charge in [-0.3, -0.25) is 4.79 Å². The van der Waals surface area contributed by atoms with Crippen LogP contribution in [0.2, 0.25) is 0 Å². The average Bonchev–Trinajstić information content (AvgIpc) is 2.49. The zero-order chi connectivity index (χ0) is 14.5. The maximum absolute atomic E-state index is 12.1. The van der Waals surface area contributed by atoms with Crippen molar-refractivity contribution in [2.75, 3.05) is 17.7 Å². The molecule has 0 atom stereocenters. The van der Waals surface area contributed by atoms with Gasteiger partial charge in [0.15, 0.2) is 0 Å². The molecular formula is C14H11BrN4O. The first-order valence-electron chi connectivity index (χ1n) is 5.80. The molecule has 0 saturated heterocycles. The summed E-state index contributed by atoms with van der Waals surface area (Å²) in [7, 11) is 1.74. The van der Waals surface area contributed by atoms with Crippen LogP contribution in [-0.4, -0.2) is 17.9 Å². The fourth-order valence-electron chi connectivity index (χ4n) is 1.57. The molecule has 2 aromatic rings. The topological polar surface area (TPSA) is 77.8 Å². The molecule has 2 rings (SSSR count). The number of nitrogens with zero attached hydrogens (tertiary/aromatic N) is 2. The van der Waals surface area contributed by atoms with Gasteiger partial charge in [0.05, 0.1) is 17.3 Å². The van der Waals surface area contributed by atoms with Gasteiger partial charge in [0, 0.05) is 11.5 Å². The van der Waals surface area contributed by atoms with Gasteiger partial charge >= 0.3 is 0 Å². The van der Waals surface area contributed by atoms with Crippen molar-refractivity contribution >= 4 is 33.3 Å². The van der Waals surface area contributed by atoms with Crippen molar-refractivity contribution in [2.24, 2.45) is 0 Å². The number of benzene rings is 1. The lowest BCUT2D eigenvalue weighted by molar-refractivity contribution is 0.102. The van der Waals surface area contributed by atoms with Gasteiger partial charge in [-0.2, -0.15) is 5.26 Å². The van der Waals surface area contributed by atoms with Gasteiger partial charge < -0.3 is 10.6 Å². The summed E-state index contributed by atoms with van der Waals surface area (Å²) < 4.78 is 0.648. The molecule has 0 aliphatic carbocycles. The maximum Gasteiger partial charge on any atom is 0.274 e. The normalized spacial score (nSPS) is 9.65. The van der Waals surface area contributed by atoms with E-state index in [1.165, 1.54) is 0 Å². The van der Waals surface area contributed by atoms with E-state index in [-0.39, 0.29) is 5.91 Å². The van der Waals surface area contributed by atoms with Crippen LogP contribution in [0.5, 0.6) is 0 Å². The Labute approximate surface area is 124 Å². The Balaban J connectivity index is 2.21. The molecule has 0 saturated carbocycles. The van der Waals surface area contributed by atoms with Gasteiger partial charge in [-0.1, -0.05) is 6.07 Å². The van der Waals surface area contributed by atoms with E-state index in [0.717, 1.165) is 0 Å². The Bertz CT molecular complexity index is 694. The Morgan fingerprint density at radius 3 is 2.80 bits per heavy atom. The number of nitriles is 1. The van der Waals surface area contributed by atoms with Crippen molar-refractivity contribution in [2.45, 2.75) is 0 Å². The highest BCUT2D eigenvalue weighted by atomic mass is 79.9. The average molecular weight is 331 g/mol. The number of nitrogens with one attached hydrogen (secondary N) is 2. The second-order valence-electron chi connectivity index (χ2n) is 3.92. The lowest BCUT2D eigenvalue weighted by Crippen LogP contribution is -2.14. The Morgan fingerprint density at radius 2 is 2.15 bits per heavy atom. The van der Waals surface area contributed by atoms with Gasteiger partial charge in [0.25, 0.3) is 5.91 Å². The van der Waals surface area contributed by atoms with E-state index in [1.54, 1.807) is 43.4 Å². The summed E-state index contributed by atoms with van der Waals surface area (Å²) in [5.41, 5.74) is 1.42. The summed E-state index contributed by atoms with van der Waals surface area (Å²) in [6, 6.07) is 12.1. The lowest BCUT2D eigenvalue weighted by Gasteiger charge is -2.08. The minimum Gasteiger partial charge on any atom is -0.373 e. The fourth-order valence-corrected chi connectivity index (χ4v) is 2.05. The number of hydrogen-bond donors (Lipinski definition) is 2. The quantitative estimate of drug-likeness (QED) is 0.906. The summed E-state index contributed by atoms with van der Waals surface area (Å²) >= 11 is 3.32. The van der Waals surface area contributed by atoms with E-state index >= 15 is 0 Å². The van der Waals surface area contributed by atoms with Gasteiger partial charge in [-0.15, -0.1) is 0 Å². The molecule has 0 unspecified atom stereocenters. The Morgan fingerprint density at radius 1 is 1.35 bits per heavy atom. The van der Waals surface area contributed by atoms with Crippen molar-refractivity contribution in [1.29, 1.82) is 5.26 Å². The largest absolute Gasteiger partial charge is 0.373 e. The number of aromatic nitrogens is 1. The number of hydrogen-bond acceptors (Lipinski definition) is 4. The molecule has 1 amide bonds. The van der Waals surface area contributed by atoms with Crippen molar-refractivity contribution in [3.05, 3.63) is 52.1 Å². The van der Waals surface area contributed by atoms with E-state index in [2.05, 4.69) is 31.5 Å². The molecule has 0 bridgehead atoms. The minimum absolute atomic E-state index is 0.312. The number of anilines is 2. The molecule has 1 aromatic carbocycles. The van der Waals surface area contributed by atoms with Gasteiger partial charge in [-0.25, -0.2) is 4.98 Å². The van der Waals surface area contributed by atoms with Crippen LogP contribution in [0, 0.1) is 11.3 Å². The zero-order valence-electron chi connectivity index (χ0n) is 10.6. The van der Waals surface area contributed by atoms with Crippen LogP contribution in [0.15, 0.2) is 40.9 Å². The maximum atomic E-state index is 12.1. The van der Waals surface area contributed by atoms with E-state index < -0.39 is 0 Å². The second-order valence-corrected chi connectivity index (χ2v) is 4.77. The van der Waals surface area contributed by atoms with Gasteiger partial charge in [-0.05, 0) is 46.3 Å². The van der Waals surface area contributed by atoms with Gasteiger partial charge in [0.2, 0.25) is 0 Å². The first kappa shape index (κ1) is 14.0. The molecule has 0 fully saturated rings. The number of amides is 1. The summed E-state index contributed by atoms with van der Waals surface area (Å²) in [6.07, 6.45) is 0. The molecule has 0 aliphatic heterocycles. The summed E-state index contributed by atoms with van der Waals surface area (Å²) in [5, 5.41) is 14.4. The van der Waals surface area contributed by atoms with Crippen molar-refractivity contribution in [3.8, 4) is 6.07 Å². The van der Waals surface area contributed by atoms with Crippen molar-refractivity contribution in [1.82, 2.24) is 4.98 Å². The van der Waals surface area contributed by atoms with Crippen LogP contribution < -0.4 is 10.6 Å². The molecule has 0 aliphatic rings.